The highest BCUT2D eigenvalue weighted by Gasteiger charge is 2.17. The van der Waals surface area contributed by atoms with Crippen molar-refractivity contribution in [2.45, 2.75) is 31.0 Å². The summed E-state index contributed by atoms with van der Waals surface area (Å²) in [5.41, 5.74) is 4.32. The Morgan fingerprint density at radius 3 is 2.71 bits per heavy atom. The fraction of sp³-hybridized carbons (Fsp3) is 0.333. The van der Waals surface area contributed by atoms with Gasteiger partial charge in [0.1, 0.15) is 11.5 Å². The third-order valence-corrected chi connectivity index (χ3v) is 4.41. The molecule has 1 nitrogen and oxygen atoms in total. The Morgan fingerprint density at radius 2 is 1.94 bits per heavy atom. The molecule has 0 spiro atoms. The van der Waals surface area contributed by atoms with E-state index < -0.39 is 0 Å². The number of alkyl halides is 1. The molecule has 1 aromatic carbocycles. The summed E-state index contributed by atoms with van der Waals surface area (Å²) in [5.74, 6) is 1.95. The van der Waals surface area contributed by atoms with Gasteiger partial charge in [0.2, 0.25) is 0 Å². The molecule has 3 rings (SSSR count). The van der Waals surface area contributed by atoms with Crippen molar-refractivity contribution in [2.75, 3.05) is 0 Å². The van der Waals surface area contributed by atoms with Gasteiger partial charge in [0, 0.05) is 0 Å². The molecule has 0 amide bonds. The van der Waals surface area contributed by atoms with E-state index in [1.54, 1.807) is 0 Å². The van der Waals surface area contributed by atoms with Gasteiger partial charge in [0.25, 0.3) is 0 Å². The molecule has 0 radical (unpaired) electrons. The number of benzene rings is 1. The van der Waals surface area contributed by atoms with Gasteiger partial charge in [-0.2, -0.15) is 0 Å². The molecule has 0 bridgehead atoms. The molecule has 1 aromatic heterocycles. The summed E-state index contributed by atoms with van der Waals surface area (Å²) in [6.07, 6.45) is 3.76. The molecule has 0 N–H and O–H groups in total. The largest absolute Gasteiger partial charge is 0.465 e. The van der Waals surface area contributed by atoms with Crippen LogP contribution in [-0.2, 0) is 12.8 Å². The van der Waals surface area contributed by atoms with E-state index in [1.165, 1.54) is 36.0 Å². The minimum absolute atomic E-state index is 0.169. The van der Waals surface area contributed by atoms with Crippen molar-refractivity contribution < 1.29 is 4.42 Å². The van der Waals surface area contributed by atoms with E-state index in [1.807, 2.05) is 19.1 Å². The minimum atomic E-state index is 0.169. The van der Waals surface area contributed by atoms with E-state index in [0.717, 1.165) is 11.5 Å². The molecule has 0 fully saturated rings. The van der Waals surface area contributed by atoms with Crippen LogP contribution in [0.5, 0.6) is 0 Å². The van der Waals surface area contributed by atoms with Crippen LogP contribution in [0, 0.1) is 6.92 Å². The zero-order valence-electron chi connectivity index (χ0n) is 9.87. The number of hydrogen-bond donors (Lipinski definition) is 0. The average Bonchev–Trinajstić information content (AvgIpc) is 2.95. The van der Waals surface area contributed by atoms with Crippen LogP contribution < -0.4 is 0 Å². The van der Waals surface area contributed by atoms with Gasteiger partial charge in [-0.3, -0.25) is 0 Å². The first kappa shape index (κ1) is 11.1. The van der Waals surface area contributed by atoms with E-state index in [0.29, 0.717) is 0 Å². The van der Waals surface area contributed by atoms with Crippen LogP contribution in [0.2, 0.25) is 0 Å². The summed E-state index contributed by atoms with van der Waals surface area (Å²) in [7, 11) is 0. The molecular formula is C15H15BrO. The molecule has 1 unspecified atom stereocenters. The Hall–Kier alpha value is -1.02. The predicted molar refractivity (Wildman–Crippen MR) is 72.7 cm³/mol. The summed E-state index contributed by atoms with van der Waals surface area (Å²) in [4.78, 5) is 0.169. The van der Waals surface area contributed by atoms with Gasteiger partial charge in [-0.25, -0.2) is 0 Å². The van der Waals surface area contributed by atoms with Crippen molar-refractivity contribution in [1.82, 2.24) is 0 Å². The number of aryl methyl sites for hydroxylation is 3. The zero-order chi connectivity index (χ0) is 11.8. The summed E-state index contributed by atoms with van der Waals surface area (Å²) >= 11 is 3.72. The fourth-order valence-corrected chi connectivity index (χ4v) is 3.03. The lowest BCUT2D eigenvalue weighted by atomic mass is 10.0. The summed E-state index contributed by atoms with van der Waals surface area (Å²) in [5, 5.41) is 0. The normalized spacial score (nSPS) is 15.9. The van der Waals surface area contributed by atoms with E-state index in [2.05, 4.69) is 34.1 Å². The van der Waals surface area contributed by atoms with Gasteiger partial charge in [-0.15, -0.1) is 0 Å². The maximum atomic E-state index is 5.67. The van der Waals surface area contributed by atoms with Crippen molar-refractivity contribution >= 4 is 15.9 Å². The fourth-order valence-electron chi connectivity index (χ4n) is 2.50. The third-order valence-electron chi connectivity index (χ3n) is 3.43. The summed E-state index contributed by atoms with van der Waals surface area (Å²) in [6.45, 7) is 1.98. The van der Waals surface area contributed by atoms with Gasteiger partial charge in [-0.1, -0.05) is 34.1 Å². The molecule has 88 valence electrons. The lowest BCUT2D eigenvalue weighted by molar-refractivity contribution is 0.492. The van der Waals surface area contributed by atoms with Crippen LogP contribution in [0.15, 0.2) is 34.7 Å². The lowest BCUT2D eigenvalue weighted by Gasteiger charge is -2.09. The van der Waals surface area contributed by atoms with Crippen LogP contribution >= 0.6 is 15.9 Å². The molecule has 0 aliphatic heterocycles. The van der Waals surface area contributed by atoms with Crippen LogP contribution in [0.25, 0.3) is 0 Å². The number of hydrogen-bond acceptors (Lipinski definition) is 1. The quantitative estimate of drug-likeness (QED) is 0.739. The molecular weight excluding hydrogens is 276 g/mol. The molecule has 0 saturated heterocycles. The highest BCUT2D eigenvalue weighted by Crippen LogP contribution is 2.34. The SMILES string of the molecule is Cc1ccc(C(Br)c2ccc3c(c2)CCC3)o1. The Labute approximate surface area is 110 Å². The lowest BCUT2D eigenvalue weighted by Crippen LogP contribution is -1.93. The first-order valence-electron chi connectivity index (χ1n) is 6.06. The Kier molecular flexibility index (Phi) is 2.83. The van der Waals surface area contributed by atoms with E-state index in [-0.39, 0.29) is 4.83 Å². The summed E-state index contributed by atoms with van der Waals surface area (Å²) in [6, 6.07) is 10.8. The smallest absolute Gasteiger partial charge is 0.122 e. The molecule has 1 aliphatic rings. The van der Waals surface area contributed by atoms with Gasteiger partial charge >= 0.3 is 0 Å². The Balaban J connectivity index is 1.94. The number of furan rings is 1. The first-order chi connectivity index (χ1) is 8.24. The highest BCUT2D eigenvalue weighted by atomic mass is 79.9. The molecule has 17 heavy (non-hydrogen) atoms. The minimum Gasteiger partial charge on any atom is -0.465 e. The van der Waals surface area contributed by atoms with Crippen LogP contribution in [0.3, 0.4) is 0 Å². The molecule has 2 heteroatoms. The molecule has 1 aliphatic carbocycles. The van der Waals surface area contributed by atoms with Crippen molar-refractivity contribution in [1.29, 1.82) is 0 Å². The topological polar surface area (TPSA) is 13.1 Å². The average molecular weight is 291 g/mol. The summed E-state index contributed by atoms with van der Waals surface area (Å²) < 4.78 is 5.67. The molecule has 2 aromatic rings. The van der Waals surface area contributed by atoms with Crippen molar-refractivity contribution in [3.63, 3.8) is 0 Å². The first-order valence-corrected chi connectivity index (χ1v) is 6.98. The van der Waals surface area contributed by atoms with E-state index in [4.69, 9.17) is 4.42 Å². The molecule has 1 atom stereocenters. The molecule has 1 heterocycles. The Morgan fingerprint density at radius 1 is 1.12 bits per heavy atom. The Bertz CT molecular complexity index is 542. The maximum Gasteiger partial charge on any atom is 0.122 e. The number of fused-ring (bicyclic) bond motifs is 1. The zero-order valence-corrected chi connectivity index (χ0v) is 11.5. The van der Waals surface area contributed by atoms with Crippen LogP contribution in [0.1, 0.15) is 39.5 Å². The van der Waals surface area contributed by atoms with Crippen LogP contribution in [-0.4, -0.2) is 0 Å². The van der Waals surface area contributed by atoms with Crippen molar-refractivity contribution in [2.24, 2.45) is 0 Å². The maximum absolute atomic E-state index is 5.67. The van der Waals surface area contributed by atoms with Gasteiger partial charge in [0.15, 0.2) is 0 Å². The van der Waals surface area contributed by atoms with E-state index in [9.17, 15) is 0 Å². The van der Waals surface area contributed by atoms with E-state index >= 15 is 0 Å². The van der Waals surface area contributed by atoms with Crippen LogP contribution in [0.4, 0.5) is 0 Å². The second-order valence-electron chi connectivity index (χ2n) is 4.69. The van der Waals surface area contributed by atoms with Crippen molar-refractivity contribution in [3.05, 3.63) is 58.5 Å². The molecule has 0 saturated carbocycles. The number of rotatable bonds is 2. The van der Waals surface area contributed by atoms with Gasteiger partial charge < -0.3 is 4.42 Å². The monoisotopic (exact) mass is 290 g/mol. The highest BCUT2D eigenvalue weighted by molar-refractivity contribution is 9.09. The predicted octanol–water partition coefficient (Wildman–Crippen LogP) is 4.56. The number of halogens is 1. The second kappa shape index (κ2) is 4.34. The van der Waals surface area contributed by atoms with Crippen molar-refractivity contribution in [3.8, 4) is 0 Å². The second-order valence-corrected chi connectivity index (χ2v) is 5.61. The standard InChI is InChI=1S/C15H15BrO/c1-10-5-8-14(17-10)15(16)13-7-6-11-3-2-4-12(11)9-13/h5-9,15H,2-4H2,1H3. The van der Waals surface area contributed by atoms with Gasteiger partial charge in [-0.05, 0) is 55.0 Å². The van der Waals surface area contributed by atoms with Gasteiger partial charge in [0.05, 0.1) is 4.83 Å². The third kappa shape index (κ3) is 2.06.